The lowest BCUT2D eigenvalue weighted by Gasteiger charge is -2.37. The highest BCUT2D eigenvalue weighted by atomic mass is 16.1. The van der Waals surface area contributed by atoms with Crippen LogP contribution in [-0.2, 0) is 4.79 Å². The molecule has 0 saturated heterocycles. The molecule has 1 aliphatic carbocycles. The van der Waals surface area contributed by atoms with Crippen LogP contribution in [0.5, 0.6) is 0 Å². The molecule has 1 amide bonds. The predicted molar refractivity (Wildman–Crippen MR) is 112 cm³/mol. The van der Waals surface area contributed by atoms with Crippen LogP contribution in [0.2, 0.25) is 0 Å². The van der Waals surface area contributed by atoms with E-state index >= 15 is 0 Å². The molecule has 140 valence electrons. The number of allylic oxidation sites excluding steroid dienone is 2. The van der Waals surface area contributed by atoms with Gasteiger partial charge < -0.3 is 10.6 Å². The van der Waals surface area contributed by atoms with Gasteiger partial charge in [-0.1, -0.05) is 55.8 Å². The van der Waals surface area contributed by atoms with E-state index in [1.165, 1.54) is 22.4 Å². The van der Waals surface area contributed by atoms with Gasteiger partial charge in [0.05, 0.1) is 6.04 Å². The Balaban J connectivity index is 1.61. The fourth-order valence-corrected chi connectivity index (χ4v) is 4.36. The van der Waals surface area contributed by atoms with E-state index in [9.17, 15) is 4.79 Å². The maximum absolute atomic E-state index is 12.1. The Kier molecular flexibility index (Phi) is 4.77. The summed E-state index contributed by atoms with van der Waals surface area (Å²) in [5.74, 6) is 1.36. The maximum atomic E-state index is 12.1. The molecule has 0 aromatic heterocycles. The minimum atomic E-state index is 0.0877. The van der Waals surface area contributed by atoms with Gasteiger partial charge in [0, 0.05) is 23.7 Å². The van der Waals surface area contributed by atoms with Crippen LogP contribution >= 0.6 is 0 Å². The molecule has 0 saturated carbocycles. The number of hydrogen-bond donors (Lipinski definition) is 2. The van der Waals surface area contributed by atoms with E-state index in [1.807, 2.05) is 6.07 Å². The topological polar surface area (TPSA) is 41.1 Å². The number of amides is 1. The summed E-state index contributed by atoms with van der Waals surface area (Å²) >= 11 is 0. The number of carbonyl (C=O) groups is 1. The van der Waals surface area contributed by atoms with Gasteiger partial charge in [-0.25, -0.2) is 0 Å². The van der Waals surface area contributed by atoms with Crippen molar-refractivity contribution in [3.05, 3.63) is 71.3 Å². The standard InChI is InChI=1S/C24H28N2O/c1-15(2)13-23(27)25-18-11-12-22-21(14-18)19-5-4-6-20(19)24(26-22)17-9-7-16(3)8-10-17/h4-5,7-12,14-15,19-20,24,26H,6,13H2,1-3H3,(H,25,27). The van der Waals surface area contributed by atoms with E-state index in [0.717, 1.165) is 12.1 Å². The first kappa shape index (κ1) is 17.8. The highest BCUT2D eigenvalue weighted by Crippen LogP contribution is 2.50. The summed E-state index contributed by atoms with van der Waals surface area (Å²) in [5, 5.41) is 6.83. The van der Waals surface area contributed by atoms with Crippen LogP contribution in [-0.4, -0.2) is 5.91 Å². The van der Waals surface area contributed by atoms with Gasteiger partial charge in [-0.15, -0.1) is 0 Å². The Hall–Kier alpha value is -2.55. The molecule has 2 aliphatic rings. The maximum Gasteiger partial charge on any atom is 0.224 e. The van der Waals surface area contributed by atoms with Crippen LogP contribution in [0.25, 0.3) is 0 Å². The number of hydrogen-bond acceptors (Lipinski definition) is 2. The molecule has 3 heteroatoms. The summed E-state index contributed by atoms with van der Waals surface area (Å²) in [6.07, 6.45) is 6.28. The van der Waals surface area contributed by atoms with Crippen molar-refractivity contribution in [2.24, 2.45) is 11.8 Å². The quantitative estimate of drug-likeness (QED) is 0.676. The molecule has 3 nitrogen and oxygen atoms in total. The van der Waals surface area contributed by atoms with Crippen LogP contribution in [0.4, 0.5) is 11.4 Å². The van der Waals surface area contributed by atoms with Crippen molar-refractivity contribution in [1.29, 1.82) is 0 Å². The van der Waals surface area contributed by atoms with Gasteiger partial charge in [0.2, 0.25) is 5.91 Å². The van der Waals surface area contributed by atoms with Gasteiger partial charge in [0.25, 0.3) is 0 Å². The summed E-state index contributed by atoms with van der Waals surface area (Å²) in [4.78, 5) is 12.1. The summed E-state index contributed by atoms with van der Waals surface area (Å²) < 4.78 is 0. The molecule has 0 bridgehead atoms. The van der Waals surface area contributed by atoms with E-state index in [4.69, 9.17) is 0 Å². The molecule has 0 spiro atoms. The number of benzene rings is 2. The zero-order valence-corrected chi connectivity index (χ0v) is 16.3. The molecule has 3 unspecified atom stereocenters. The molecule has 3 atom stereocenters. The third-order valence-corrected chi connectivity index (χ3v) is 5.68. The highest BCUT2D eigenvalue weighted by molar-refractivity contribution is 5.91. The Morgan fingerprint density at radius 1 is 1.19 bits per heavy atom. The van der Waals surface area contributed by atoms with Gasteiger partial charge >= 0.3 is 0 Å². The molecule has 0 fully saturated rings. The van der Waals surface area contributed by atoms with Gasteiger partial charge in [-0.05, 0) is 54.5 Å². The molecular formula is C24H28N2O. The monoisotopic (exact) mass is 360 g/mol. The van der Waals surface area contributed by atoms with E-state index in [0.29, 0.717) is 30.2 Å². The SMILES string of the molecule is Cc1ccc(C2Nc3ccc(NC(=O)CC(C)C)cc3C3C=CCC32)cc1. The molecule has 2 N–H and O–H groups in total. The first-order chi connectivity index (χ1) is 13.0. The molecule has 4 rings (SSSR count). The van der Waals surface area contributed by atoms with Crippen molar-refractivity contribution in [3.8, 4) is 0 Å². The second-order valence-corrected chi connectivity index (χ2v) is 8.33. The summed E-state index contributed by atoms with van der Waals surface area (Å²) in [7, 11) is 0. The summed E-state index contributed by atoms with van der Waals surface area (Å²) in [6, 6.07) is 15.5. The van der Waals surface area contributed by atoms with Crippen LogP contribution in [0, 0.1) is 18.8 Å². The van der Waals surface area contributed by atoms with Gasteiger partial charge in [-0.2, -0.15) is 0 Å². The highest BCUT2D eigenvalue weighted by Gasteiger charge is 2.37. The van der Waals surface area contributed by atoms with E-state index in [-0.39, 0.29) is 5.91 Å². The predicted octanol–water partition coefficient (Wildman–Crippen LogP) is 5.81. The number of anilines is 2. The second-order valence-electron chi connectivity index (χ2n) is 8.33. The smallest absolute Gasteiger partial charge is 0.224 e. The van der Waals surface area contributed by atoms with Crippen molar-refractivity contribution >= 4 is 17.3 Å². The van der Waals surface area contributed by atoms with Gasteiger partial charge in [-0.3, -0.25) is 4.79 Å². The van der Waals surface area contributed by atoms with Gasteiger partial charge in [0.15, 0.2) is 0 Å². The van der Waals surface area contributed by atoms with Crippen LogP contribution in [0.1, 0.15) is 55.3 Å². The molecule has 0 radical (unpaired) electrons. The Labute approximate surface area is 161 Å². The average molecular weight is 361 g/mol. The van der Waals surface area contributed by atoms with E-state index in [1.54, 1.807) is 0 Å². The van der Waals surface area contributed by atoms with Crippen molar-refractivity contribution in [1.82, 2.24) is 0 Å². The fourth-order valence-electron chi connectivity index (χ4n) is 4.36. The molecule has 1 aliphatic heterocycles. The van der Waals surface area contributed by atoms with Crippen molar-refractivity contribution < 1.29 is 4.79 Å². The third-order valence-electron chi connectivity index (χ3n) is 5.68. The van der Waals surface area contributed by atoms with Crippen LogP contribution in [0.3, 0.4) is 0 Å². The average Bonchev–Trinajstić information content (AvgIpc) is 3.11. The fraction of sp³-hybridized carbons (Fsp3) is 0.375. The van der Waals surface area contributed by atoms with Crippen LogP contribution in [0.15, 0.2) is 54.6 Å². The number of fused-ring (bicyclic) bond motifs is 3. The number of aryl methyl sites for hydroxylation is 1. The lowest BCUT2D eigenvalue weighted by molar-refractivity contribution is -0.116. The van der Waals surface area contributed by atoms with Crippen molar-refractivity contribution in [2.75, 3.05) is 10.6 Å². The first-order valence-electron chi connectivity index (χ1n) is 9.95. The zero-order valence-electron chi connectivity index (χ0n) is 16.3. The van der Waals surface area contributed by atoms with Crippen LogP contribution < -0.4 is 10.6 Å². The molecular weight excluding hydrogens is 332 g/mol. The lowest BCUT2D eigenvalue weighted by Crippen LogP contribution is -2.29. The lowest BCUT2D eigenvalue weighted by atomic mass is 9.77. The summed E-state index contributed by atoms with van der Waals surface area (Å²) in [5.41, 5.74) is 6.00. The Bertz CT molecular complexity index is 866. The minimum absolute atomic E-state index is 0.0877. The third kappa shape index (κ3) is 3.64. The Morgan fingerprint density at radius 2 is 1.96 bits per heavy atom. The first-order valence-corrected chi connectivity index (χ1v) is 9.95. The largest absolute Gasteiger partial charge is 0.378 e. The number of carbonyl (C=O) groups excluding carboxylic acids is 1. The molecule has 2 aromatic carbocycles. The Morgan fingerprint density at radius 3 is 2.70 bits per heavy atom. The molecule has 2 aromatic rings. The minimum Gasteiger partial charge on any atom is -0.378 e. The zero-order chi connectivity index (χ0) is 19.0. The van der Waals surface area contributed by atoms with Gasteiger partial charge in [0.1, 0.15) is 0 Å². The number of rotatable bonds is 4. The molecule has 1 heterocycles. The van der Waals surface area contributed by atoms with Crippen molar-refractivity contribution in [3.63, 3.8) is 0 Å². The summed E-state index contributed by atoms with van der Waals surface area (Å²) in [6.45, 7) is 6.26. The second kappa shape index (κ2) is 7.22. The van der Waals surface area contributed by atoms with E-state index < -0.39 is 0 Å². The van der Waals surface area contributed by atoms with E-state index in [2.05, 4.69) is 80.0 Å². The number of nitrogens with one attached hydrogen (secondary N) is 2. The van der Waals surface area contributed by atoms with Crippen molar-refractivity contribution in [2.45, 2.75) is 45.6 Å². The normalized spacial score (nSPS) is 22.9. The molecule has 27 heavy (non-hydrogen) atoms.